The van der Waals surface area contributed by atoms with Gasteiger partial charge in [-0.1, -0.05) is 6.92 Å². The van der Waals surface area contributed by atoms with Gasteiger partial charge in [-0.25, -0.2) is 0 Å². The van der Waals surface area contributed by atoms with Crippen LogP contribution in [0.2, 0.25) is 0 Å². The number of carbonyl (C=O) groups excluding carboxylic acids is 1. The fourth-order valence-electron chi connectivity index (χ4n) is 1.57. The maximum atomic E-state index is 11.8. The molecule has 0 bridgehead atoms. The van der Waals surface area contributed by atoms with Gasteiger partial charge in [0.15, 0.2) is 0 Å². The summed E-state index contributed by atoms with van der Waals surface area (Å²) >= 11 is 0. The molecular formula is C11H20N4O. The van der Waals surface area contributed by atoms with Crippen LogP contribution < -0.4 is 5.32 Å². The van der Waals surface area contributed by atoms with E-state index in [-0.39, 0.29) is 11.8 Å². The van der Waals surface area contributed by atoms with E-state index < -0.39 is 0 Å². The molecule has 0 saturated heterocycles. The van der Waals surface area contributed by atoms with E-state index in [0.29, 0.717) is 13.1 Å². The number of likely N-dealkylation sites (N-methyl/N-ethyl adjacent to an activating group) is 1. The van der Waals surface area contributed by atoms with Crippen molar-refractivity contribution in [3.05, 3.63) is 18.5 Å². The fraction of sp³-hybridized carbons (Fsp3) is 0.636. The molecule has 1 atom stereocenters. The molecule has 5 nitrogen and oxygen atoms in total. The van der Waals surface area contributed by atoms with E-state index in [1.807, 2.05) is 38.0 Å². The quantitative estimate of drug-likeness (QED) is 0.751. The molecule has 1 aromatic heterocycles. The summed E-state index contributed by atoms with van der Waals surface area (Å²) in [5.41, 5.74) is 0. The molecule has 0 saturated carbocycles. The maximum absolute atomic E-state index is 11.8. The topological polar surface area (TPSA) is 50.2 Å². The zero-order chi connectivity index (χ0) is 12.0. The summed E-state index contributed by atoms with van der Waals surface area (Å²) in [4.78, 5) is 13.6. The van der Waals surface area contributed by atoms with Crippen LogP contribution >= 0.6 is 0 Å². The summed E-state index contributed by atoms with van der Waals surface area (Å²) in [5.74, 6) is 0.189. The van der Waals surface area contributed by atoms with Crippen molar-refractivity contribution < 1.29 is 4.79 Å². The maximum Gasteiger partial charge on any atom is 0.226 e. The molecule has 16 heavy (non-hydrogen) atoms. The molecule has 0 aliphatic rings. The van der Waals surface area contributed by atoms with Crippen LogP contribution in [0.3, 0.4) is 0 Å². The van der Waals surface area contributed by atoms with E-state index in [1.54, 1.807) is 11.1 Å². The molecule has 0 aliphatic heterocycles. The highest BCUT2D eigenvalue weighted by molar-refractivity contribution is 5.78. The summed E-state index contributed by atoms with van der Waals surface area (Å²) in [6.45, 7) is 4.07. The Morgan fingerprint density at radius 1 is 1.62 bits per heavy atom. The van der Waals surface area contributed by atoms with Crippen LogP contribution in [-0.2, 0) is 11.3 Å². The van der Waals surface area contributed by atoms with Gasteiger partial charge in [0.1, 0.15) is 0 Å². The van der Waals surface area contributed by atoms with Crippen LogP contribution in [0.15, 0.2) is 18.5 Å². The van der Waals surface area contributed by atoms with Gasteiger partial charge in [0.25, 0.3) is 0 Å². The number of hydrogen-bond acceptors (Lipinski definition) is 3. The van der Waals surface area contributed by atoms with E-state index >= 15 is 0 Å². The van der Waals surface area contributed by atoms with Crippen LogP contribution in [0.25, 0.3) is 0 Å². The molecular weight excluding hydrogens is 204 g/mol. The predicted molar refractivity (Wildman–Crippen MR) is 63.0 cm³/mol. The lowest BCUT2D eigenvalue weighted by Gasteiger charge is -2.21. The normalized spacial score (nSPS) is 12.4. The summed E-state index contributed by atoms with van der Waals surface area (Å²) < 4.78 is 1.83. The van der Waals surface area contributed by atoms with Crippen molar-refractivity contribution in [1.82, 2.24) is 20.0 Å². The second-order valence-electron chi connectivity index (χ2n) is 3.99. The highest BCUT2D eigenvalue weighted by Crippen LogP contribution is 1.99. The standard InChI is InChI=1S/C11H20N4O/c1-10(9-12-2)11(16)14(3)7-8-15-6-4-5-13-15/h4-6,10,12H,7-9H2,1-3H3. The average molecular weight is 224 g/mol. The second-order valence-corrected chi connectivity index (χ2v) is 3.99. The molecule has 90 valence electrons. The van der Waals surface area contributed by atoms with Crippen LogP contribution in [0.4, 0.5) is 0 Å². The summed E-state index contributed by atoms with van der Waals surface area (Å²) in [6.07, 6.45) is 3.64. The second kappa shape index (κ2) is 6.27. The Balaban J connectivity index is 2.34. The number of nitrogens with zero attached hydrogens (tertiary/aromatic N) is 3. The van der Waals surface area contributed by atoms with Gasteiger partial charge in [0.2, 0.25) is 5.91 Å². The predicted octanol–water partition coefficient (Wildman–Crippen LogP) is 0.197. The van der Waals surface area contributed by atoms with Gasteiger partial charge < -0.3 is 10.2 Å². The first-order valence-electron chi connectivity index (χ1n) is 5.52. The van der Waals surface area contributed by atoms with Crippen molar-refractivity contribution in [1.29, 1.82) is 0 Å². The van der Waals surface area contributed by atoms with E-state index in [0.717, 1.165) is 6.54 Å². The highest BCUT2D eigenvalue weighted by Gasteiger charge is 2.16. The Morgan fingerprint density at radius 3 is 2.94 bits per heavy atom. The molecule has 0 spiro atoms. The lowest BCUT2D eigenvalue weighted by Crippen LogP contribution is -2.37. The van der Waals surface area contributed by atoms with Gasteiger partial charge in [0, 0.05) is 38.4 Å². The molecule has 1 heterocycles. The van der Waals surface area contributed by atoms with Crippen LogP contribution in [0.1, 0.15) is 6.92 Å². The molecule has 0 fully saturated rings. The molecule has 0 aromatic carbocycles. The van der Waals surface area contributed by atoms with Crippen LogP contribution in [0, 0.1) is 5.92 Å². The Morgan fingerprint density at radius 2 is 2.38 bits per heavy atom. The average Bonchev–Trinajstić information content (AvgIpc) is 2.78. The van der Waals surface area contributed by atoms with Gasteiger partial charge in [-0.15, -0.1) is 0 Å². The van der Waals surface area contributed by atoms with Crippen LogP contribution in [-0.4, -0.2) is 47.8 Å². The molecule has 0 aliphatic carbocycles. The van der Waals surface area contributed by atoms with Crippen molar-refractivity contribution in [3.63, 3.8) is 0 Å². The third-order valence-electron chi connectivity index (χ3n) is 2.53. The largest absolute Gasteiger partial charge is 0.344 e. The molecule has 1 N–H and O–H groups in total. The number of nitrogens with one attached hydrogen (secondary N) is 1. The molecule has 1 amide bonds. The van der Waals surface area contributed by atoms with E-state index in [9.17, 15) is 4.79 Å². The number of carbonyl (C=O) groups is 1. The van der Waals surface area contributed by atoms with Crippen molar-refractivity contribution in [2.24, 2.45) is 5.92 Å². The van der Waals surface area contributed by atoms with Gasteiger partial charge in [-0.05, 0) is 13.1 Å². The fourth-order valence-corrected chi connectivity index (χ4v) is 1.57. The minimum atomic E-state index is 0.0209. The van der Waals surface area contributed by atoms with Crippen molar-refractivity contribution >= 4 is 5.91 Å². The number of hydrogen-bond donors (Lipinski definition) is 1. The van der Waals surface area contributed by atoms with Gasteiger partial charge >= 0.3 is 0 Å². The third-order valence-corrected chi connectivity index (χ3v) is 2.53. The Bertz CT molecular complexity index is 310. The van der Waals surface area contributed by atoms with E-state index in [2.05, 4.69) is 10.4 Å². The smallest absolute Gasteiger partial charge is 0.226 e. The lowest BCUT2D eigenvalue weighted by atomic mass is 10.1. The number of rotatable bonds is 6. The number of aromatic nitrogens is 2. The number of amides is 1. The zero-order valence-electron chi connectivity index (χ0n) is 10.2. The summed E-state index contributed by atoms with van der Waals surface area (Å²) in [7, 11) is 3.69. The first-order chi connectivity index (χ1) is 7.65. The first kappa shape index (κ1) is 12.7. The third kappa shape index (κ3) is 3.66. The molecule has 1 rings (SSSR count). The van der Waals surface area contributed by atoms with Crippen LogP contribution in [0.5, 0.6) is 0 Å². The Labute approximate surface area is 96.4 Å². The Kier molecular flexibility index (Phi) is 4.98. The minimum absolute atomic E-state index is 0.0209. The summed E-state index contributed by atoms with van der Waals surface area (Å²) in [6, 6.07) is 1.88. The van der Waals surface area contributed by atoms with Crippen molar-refractivity contribution in [3.8, 4) is 0 Å². The summed E-state index contributed by atoms with van der Waals surface area (Å²) in [5, 5.41) is 7.10. The monoisotopic (exact) mass is 224 g/mol. The molecule has 1 aromatic rings. The van der Waals surface area contributed by atoms with E-state index in [1.165, 1.54) is 0 Å². The lowest BCUT2D eigenvalue weighted by molar-refractivity contribution is -0.133. The first-order valence-corrected chi connectivity index (χ1v) is 5.52. The highest BCUT2D eigenvalue weighted by atomic mass is 16.2. The minimum Gasteiger partial charge on any atom is -0.344 e. The molecule has 5 heteroatoms. The van der Waals surface area contributed by atoms with Gasteiger partial charge in [-0.3, -0.25) is 9.48 Å². The zero-order valence-corrected chi connectivity index (χ0v) is 10.2. The Hall–Kier alpha value is -1.36. The SMILES string of the molecule is CNCC(C)C(=O)N(C)CCn1cccn1. The molecule has 1 unspecified atom stereocenters. The van der Waals surface area contributed by atoms with Crippen molar-refractivity contribution in [2.75, 3.05) is 27.2 Å². The van der Waals surface area contributed by atoms with Crippen molar-refractivity contribution in [2.45, 2.75) is 13.5 Å². The van der Waals surface area contributed by atoms with Gasteiger partial charge in [0.05, 0.1) is 6.54 Å². The molecule has 0 radical (unpaired) electrons. The van der Waals surface area contributed by atoms with E-state index in [4.69, 9.17) is 0 Å². The van der Waals surface area contributed by atoms with Gasteiger partial charge in [-0.2, -0.15) is 5.10 Å².